The van der Waals surface area contributed by atoms with Gasteiger partial charge in [-0.1, -0.05) is 300 Å². The van der Waals surface area contributed by atoms with Crippen molar-refractivity contribution in [3.05, 3.63) is 60.8 Å². The Morgan fingerprint density at radius 1 is 0.267 bits per heavy atom. The second kappa shape index (κ2) is 63.6. The van der Waals surface area contributed by atoms with Crippen LogP contribution in [-0.2, 0) is 28.6 Å². The summed E-state index contributed by atoms with van der Waals surface area (Å²) in [5.74, 6) is -0.929. The quantitative estimate of drug-likeness (QED) is 0.0261. The van der Waals surface area contributed by atoms with Crippen molar-refractivity contribution in [2.24, 2.45) is 0 Å². The van der Waals surface area contributed by atoms with Gasteiger partial charge in [-0.25, -0.2) is 0 Å². The first-order valence-corrected chi connectivity index (χ1v) is 32.8. The van der Waals surface area contributed by atoms with Crippen LogP contribution >= 0.6 is 0 Å². The van der Waals surface area contributed by atoms with E-state index in [-0.39, 0.29) is 37.5 Å². The predicted molar refractivity (Wildman–Crippen MR) is 325 cm³/mol. The van der Waals surface area contributed by atoms with E-state index in [0.29, 0.717) is 19.3 Å². The van der Waals surface area contributed by atoms with E-state index in [9.17, 15) is 14.4 Å². The Hall–Kier alpha value is -2.89. The molecule has 1 atom stereocenters. The Labute approximate surface area is 466 Å². The molecule has 0 unspecified atom stereocenters. The molecular formula is C69H124O6. The largest absolute Gasteiger partial charge is 0.462 e. The number of esters is 3. The molecule has 0 amide bonds. The van der Waals surface area contributed by atoms with E-state index in [0.717, 1.165) is 64.2 Å². The number of hydrogen-bond donors (Lipinski definition) is 0. The summed E-state index contributed by atoms with van der Waals surface area (Å²) in [6.07, 6.45) is 80.9. The molecule has 0 saturated carbocycles. The molecule has 0 heterocycles. The van der Waals surface area contributed by atoms with E-state index in [1.165, 1.54) is 231 Å². The van der Waals surface area contributed by atoms with Crippen molar-refractivity contribution in [3.8, 4) is 0 Å². The van der Waals surface area contributed by atoms with Crippen molar-refractivity contribution < 1.29 is 28.6 Å². The monoisotopic (exact) mass is 1050 g/mol. The SMILES string of the molecule is CCCCC/C=C\C/C=C\C/C=C\C/C=C\CCCC(=O)OC[C@H](COC(=O)CCCCCCCCCCC/C=C\CCCCCCCC)OC(=O)CCCCCCCCCCCCCCCCCCCCCCC. The minimum absolute atomic E-state index is 0.0890. The third-order valence-electron chi connectivity index (χ3n) is 14.5. The van der Waals surface area contributed by atoms with Gasteiger partial charge < -0.3 is 14.2 Å². The molecule has 0 aromatic rings. The van der Waals surface area contributed by atoms with Crippen LogP contribution in [0.5, 0.6) is 0 Å². The summed E-state index contributed by atoms with van der Waals surface area (Å²) in [6.45, 7) is 6.61. The summed E-state index contributed by atoms with van der Waals surface area (Å²) in [5.41, 5.74) is 0. The zero-order chi connectivity index (χ0) is 54.3. The lowest BCUT2D eigenvalue weighted by Crippen LogP contribution is -2.30. The van der Waals surface area contributed by atoms with Crippen LogP contribution in [0.3, 0.4) is 0 Å². The molecule has 6 nitrogen and oxygen atoms in total. The molecule has 0 N–H and O–H groups in total. The third kappa shape index (κ3) is 61.8. The Kier molecular flexibility index (Phi) is 61.2. The molecule has 0 spiro atoms. The first kappa shape index (κ1) is 72.1. The molecule has 0 aliphatic rings. The number of allylic oxidation sites excluding steroid dienone is 10. The zero-order valence-corrected chi connectivity index (χ0v) is 50.1. The summed E-state index contributed by atoms with van der Waals surface area (Å²) in [6, 6.07) is 0. The highest BCUT2D eigenvalue weighted by Crippen LogP contribution is 2.17. The average molecular weight is 1050 g/mol. The minimum Gasteiger partial charge on any atom is -0.462 e. The van der Waals surface area contributed by atoms with E-state index in [4.69, 9.17) is 14.2 Å². The lowest BCUT2D eigenvalue weighted by atomic mass is 10.0. The topological polar surface area (TPSA) is 78.9 Å². The number of rotatable bonds is 60. The molecule has 0 aromatic carbocycles. The second-order valence-electron chi connectivity index (χ2n) is 22.0. The van der Waals surface area contributed by atoms with E-state index in [2.05, 4.69) is 81.5 Å². The maximum absolute atomic E-state index is 12.9. The highest BCUT2D eigenvalue weighted by atomic mass is 16.6. The Morgan fingerprint density at radius 2 is 0.493 bits per heavy atom. The Bertz CT molecular complexity index is 1340. The summed E-state index contributed by atoms with van der Waals surface area (Å²) < 4.78 is 16.9. The van der Waals surface area contributed by atoms with Gasteiger partial charge in [-0.3, -0.25) is 14.4 Å². The van der Waals surface area contributed by atoms with Crippen molar-refractivity contribution in [1.29, 1.82) is 0 Å². The molecule has 0 aliphatic heterocycles. The van der Waals surface area contributed by atoms with Crippen LogP contribution in [-0.4, -0.2) is 37.2 Å². The number of unbranched alkanes of at least 4 members (excludes halogenated alkanes) is 39. The van der Waals surface area contributed by atoms with Gasteiger partial charge in [0.05, 0.1) is 0 Å². The van der Waals surface area contributed by atoms with Crippen molar-refractivity contribution in [3.63, 3.8) is 0 Å². The van der Waals surface area contributed by atoms with E-state index in [1.807, 2.05) is 0 Å². The van der Waals surface area contributed by atoms with Gasteiger partial charge in [-0.2, -0.15) is 0 Å². The molecule has 0 rings (SSSR count). The van der Waals surface area contributed by atoms with Crippen LogP contribution < -0.4 is 0 Å². The Morgan fingerprint density at radius 3 is 0.840 bits per heavy atom. The van der Waals surface area contributed by atoms with E-state index >= 15 is 0 Å². The highest BCUT2D eigenvalue weighted by Gasteiger charge is 2.19. The van der Waals surface area contributed by atoms with Gasteiger partial charge in [0.2, 0.25) is 0 Å². The van der Waals surface area contributed by atoms with Gasteiger partial charge in [0.25, 0.3) is 0 Å². The standard InChI is InChI=1S/C69H124O6/c1-4-7-10-13-16-19-22-25-28-31-33-34-36-39-42-45-48-51-54-57-60-63-69(72)75-66(64-73-67(70)61-58-55-52-49-46-43-40-37-30-27-24-21-18-15-12-9-6-3)65-74-68(71)62-59-56-53-50-47-44-41-38-35-32-29-26-23-20-17-14-11-8-5-2/h18,21,26-27,29-30,40,43,49,52,66H,4-17,19-20,22-25,28,31-39,41-42,44-48,50-51,53-65H2,1-3H3/b21-18-,29-26-,30-27-,43-40-,52-49-/t66-/m1/s1. The van der Waals surface area contributed by atoms with Gasteiger partial charge in [0.15, 0.2) is 6.10 Å². The molecule has 0 fully saturated rings. The highest BCUT2D eigenvalue weighted by molar-refractivity contribution is 5.71. The third-order valence-corrected chi connectivity index (χ3v) is 14.5. The van der Waals surface area contributed by atoms with E-state index < -0.39 is 6.10 Å². The number of carbonyl (C=O) groups excluding carboxylic acids is 3. The summed E-state index contributed by atoms with van der Waals surface area (Å²) >= 11 is 0. The van der Waals surface area contributed by atoms with Crippen LogP contribution in [0.4, 0.5) is 0 Å². The first-order chi connectivity index (χ1) is 37.0. The zero-order valence-electron chi connectivity index (χ0n) is 50.1. The lowest BCUT2D eigenvalue weighted by Gasteiger charge is -2.18. The van der Waals surface area contributed by atoms with Gasteiger partial charge in [-0.05, 0) is 83.5 Å². The lowest BCUT2D eigenvalue weighted by molar-refractivity contribution is -0.167. The van der Waals surface area contributed by atoms with Crippen LogP contribution in [0, 0.1) is 0 Å². The summed E-state index contributed by atoms with van der Waals surface area (Å²) in [4.78, 5) is 38.3. The molecule has 75 heavy (non-hydrogen) atoms. The van der Waals surface area contributed by atoms with Gasteiger partial charge in [-0.15, -0.1) is 0 Å². The summed E-state index contributed by atoms with van der Waals surface area (Å²) in [5, 5.41) is 0. The van der Waals surface area contributed by atoms with Crippen molar-refractivity contribution in [2.45, 2.75) is 348 Å². The van der Waals surface area contributed by atoms with Crippen LogP contribution in [0.1, 0.15) is 342 Å². The molecular weight excluding hydrogens is 925 g/mol. The van der Waals surface area contributed by atoms with Crippen molar-refractivity contribution in [1.82, 2.24) is 0 Å². The number of ether oxygens (including phenoxy) is 3. The normalized spacial score (nSPS) is 12.4. The predicted octanol–water partition coefficient (Wildman–Crippen LogP) is 22.3. The second-order valence-corrected chi connectivity index (χ2v) is 22.0. The Balaban J connectivity index is 4.40. The van der Waals surface area contributed by atoms with Crippen LogP contribution in [0.15, 0.2) is 60.8 Å². The molecule has 0 radical (unpaired) electrons. The van der Waals surface area contributed by atoms with Crippen molar-refractivity contribution in [2.75, 3.05) is 13.2 Å². The van der Waals surface area contributed by atoms with E-state index in [1.54, 1.807) is 0 Å². The number of hydrogen-bond acceptors (Lipinski definition) is 6. The maximum Gasteiger partial charge on any atom is 0.306 e. The minimum atomic E-state index is -0.796. The smallest absolute Gasteiger partial charge is 0.306 e. The van der Waals surface area contributed by atoms with Gasteiger partial charge >= 0.3 is 17.9 Å². The molecule has 0 saturated heterocycles. The fourth-order valence-electron chi connectivity index (χ4n) is 9.55. The number of carbonyl (C=O) groups is 3. The maximum atomic E-state index is 12.9. The fourth-order valence-corrected chi connectivity index (χ4v) is 9.55. The van der Waals surface area contributed by atoms with Crippen LogP contribution in [0.25, 0.3) is 0 Å². The summed E-state index contributed by atoms with van der Waals surface area (Å²) in [7, 11) is 0. The molecule has 0 bridgehead atoms. The fraction of sp³-hybridized carbons (Fsp3) is 0.812. The molecule has 6 heteroatoms. The first-order valence-electron chi connectivity index (χ1n) is 32.8. The van der Waals surface area contributed by atoms with Gasteiger partial charge in [0.1, 0.15) is 13.2 Å². The van der Waals surface area contributed by atoms with Crippen molar-refractivity contribution >= 4 is 17.9 Å². The molecule has 436 valence electrons. The molecule has 0 aromatic heterocycles. The van der Waals surface area contributed by atoms with Gasteiger partial charge in [0, 0.05) is 19.3 Å². The molecule has 0 aliphatic carbocycles. The van der Waals surface area contributed by atoms with Crippen LogP contribution in [0.2, 0.25) is 0 Å². The average Bonchev–Trinajstić information content (AvgIpc) is 3.41.